The van der Waals surface area contributed by atoms with Crippen LogP contribution in [0.5, 0.6) is 0 Å². The Hall–Kier alpha value is -7.43. The van der Waals surface area contributed by atoms with Crippen molar-refractivity contribution in [3.05, 3.63) is 249 Å². The molecule has 0 N–H and O–H groups in total. The van der Waals surface area contributed by atoms with Crippen LogP contribution in [0.1, 0.15) is 40.0 Å². The van der Waals surface area contributed by atoms with Crippen LogP contribution in [0.4, 0.5) is 39.9 Å². The number of hydrogen-bond donors (Lipinski definition) is 0. The van der Waals surface area contributed by atoms with E-state index in [0.717, 1.165) is 65.9 Å². The Bertz CT molecular complexity index is 3990. The van der Waals surface area contributed by atoms with Gasteiger partial charge in [-0.3, -0.25) is 0 Å². The molecular formula is C64H47N4PtS-3. The summed E-state index contributed by atoms with van der Waals surface area (Å²) >= 11 is 1.50. The number of benzene rings is 9. The minimum Gasteiger partial charge on any atom is -0.493 e. The van der Waals surface area contributed by atoms with E-state index in [1.807, 2.05) is 59.6 Å². The summed E-state index contributed by atoms with van der Waals surface area (Å²) in [5, 5.41) is 0. The van der Waals surface area contributed by atoms with Crippen LogP contribution >= 0.6 is 11.8 Å². The number of aromatic nitrogens is 1. The molecule has 70 heavy (non-hydrogen) atoms. The maximum Gasteiger partial charge on any atom is 0.135 e. The Morgan fingerprint density at radius 1 is 0.500 bits per heavy atom. The molecule has 4 nitrogen and oxygen atoms in total. The molecule has 0 aliphatic carbocycles. The Balaban J connectivity index is 0.00000675. The molecule has 1 aromatic heterocycles. The van der Waals surface area contributed by atoms with Crippen LogP contribution in [0.3, 0.4) is 0 Å². The molecule has 0 bridgehead atoms. The Labute approximate surface area is 444 Å². The molecule has 3 heterocycles. The van der Waals surface area contributed by atoms with Crippen molar-refractivity contribution in [1.82, 2.24) is 4.98 Å². The van der Waals surface area contributed by atoms with Crippen molar-refractivity contribution in [3.8, 4) is 55.6 Å². The number of anilines is 7. The van der Waals surface area contributed by atoms with E-state index in [-0.39, 0.29) is 54.4 Å². The van der Waals surface area contributed by atoms with Gasteiger partial charge in [0, 0.05) is 61.0 Å². The van der Waals surface area contributed by atoms with Gasteiger partial charge in [-0.25, -0.2) is 4.98 Å². The van der Waals surface area contributed by atoms with Gasteiger partial charge in [-0.1, -0.05) is 183 Å². The molecule has 2 aliphatic rings. The topological polar surface area (TPSA) is 22.6 Å². The second-order valence-corrected chi connectivity index (χ2v) is 18.8. The minimum atomic E-state index is -0.559. The molecule has 0 fully saturated rings. The van der Waals surface area contributed by atoms with E-state index in [2.05, 4.69) is 129 Å². The van der Waals surface area contributed by atoms with Crippen molar-refractivity contribution in [2.24, 2.45) is 0 Å². The van der Waals surface area contributed by atoms with E-state index in [9.17, 15) is 0 Å². The van der Waals surface area contributed by atoms with E-state index in [4.69, 9.17) is 18.7 Å². The molecule has 12 rings (SSSR count). The molecule has 6 heteroatoms. The first kappa shape index (κ1) is 34.8. The van der Waals surface area contributed by atoms with Gasteiger partial charge in [-0.2, -0.15) is 24.3 Å². The van der Waals surface area contributed by atoms with Crippen molar-refractivity contribution < 1.29 is 34.8 Å². The van der Waals surface area contributed by atoms with Crippen LogP contribution in [0.15, 0.2) is 234 Å². The van der Waals surface area contributed by atoms with Gasteiger partial charge < -0.3 is 14.7 Å². The normalized spacial score (nSPS) is 14.6. The molecule has 0 atom stereocenters. The fourth-order valence-corrected chi connectivity index (χ4v) is 10.0. The Morgan fingerprint density at radius 3 is 1.83 bits per heavy atom. The van der Waals surface area contributed by atoms with E-state index in [1.165, 1.54) is 11.8 Å². The van der Waals surface area contributed by atoms with Gasteiger partial charge in [0.2, 0.25) is 0 Å². The van der Waals surface area contributed by atoms with E-state index in [0.29, 0.717) is 17.1 Å². The van der Waals surface area contributed by atoms with Gasteiger partial charge in [-0.05, 0) is 75.2 Å². The number of rotatable bonds is 8. The molecule has 0 unspecified atom stereocenters. The van der Waals surface area contributed by atoms with Gasteiger partial charge in [0.25, 0.3) is 0 Å². The zero-order chi connectivity index (χ0) is 55.2. The fourth-order valence-electron chi connectivity index (χ4n) is 9.20. The summed E-state index contributed by atoms with van der Waals surface area (Å²) in [6.07, 6.45) is 1.88. The van der Waals surface area contributed by atoms with Crippen molar-refractivity contribution in [2.75, 3.05) is 14.7 Å². The third-order valence-electron chi connectivity index (χ3n) is 12.5. The van der Waals surface area contributed by atoms with Crippen LogP contribution in [0, 0.1) is 18.8 Å². The number of para-hydroxylation sites is 4. The minimum absolute atomic E-state index is 0. The predicted molar refractivity (Wildman–Crippen MR) is 288 cm³/mol. The SMILES string of the molecule is [2H]c1c([2H])c([2H])c(-c2cccc(-c3c([2H])c([2H])c([2H])c([2H])c3[2H])c2N2[CH-]N(c3[c-]c(Sc4[c-]c5c(cc4)-c4ccc(-c6ccccc6)cc4-c4ccccc4N5c4cc(C(C)(C)C)ccn4)ccc3)c3ccccc32)c([2H])c1[2H].[Pt]. The molecule has 10 aromatic rings. The summed E-state index contributed by atoms with van der Waals surface area (Å²) in [7, 11) is 0. The second-order valence-electron chi connectivity index (χ2n) is 17.8. The quantitative estimate of drug-likeness (QED) is 0.141. The van der Waals surface area contributed by atoms with Crippen LogP contribution in [0.25, 0.3) is 55.6 Å². The smallest absolute Gasteiger partial charge is 0.135 e. The molecule has 0 saturated heterocycles. The number of pyridine rings is 1. The summed E-state index contributed by atoms with van der Waals surface area (Å²) in [6, 6.07) is 54.7. The van der Waals surface area contributed by atoms with Crippen LogP contribution in [-0.2, 0) is 26.5 Å². The van der Waals surface area contributed by atoms with Gasteiger partial charge in [0.05, 0.1) is 19.4 Å². The molecule has 0 spiro atoms. The number of nitrogens with zero attached hydrogens (tertiary/aromatic N) is 4. The van der Waals surface area contributed by atoms with Crippen molar-refractivity contribution in [3.63, 3.8) is 0 Å². The fraction of sp³-hybridized carbons (Fsp3) is 0.0625. The summed E-state index contributed by atoms with van der Waals surface area (Å²) < 4.78 is 87.7. The predicted octanol–water partition coefficient (Wildman–Crippen LogP) is 17.7. The molecular weight excluding hydrogens is 1050 g/mol. The molecule has 0 radical (unpaired) electrons. The standard InChI is InChI=1S/C64H47N4S.Pt/c1-64(2,3)48-37-38-65-62(40-48)68-58-30-14-13-27-55(58)57-39-47(44-19-7-4-8-20-44)33-35-54(57)56-36-34-51(42-61(56)68)69-50-26-17-25-49(41-50)66-43-67(60-32-16-15-31-59(60)66)63-52(45-21-9-5-10-22-45)28-18-29-53(63)46-23-11-6-12-24-46;/h4-40,43H,1-3H3;/q-3;/i5D,6D,9D,10D,11D,12D,21D,22D,23D,24D;. The molecule has 0 saturated carbocycles. The summed E-state index contributed by atoms with van der Waals surface area (Å²) in [6.45, 7) is 8.39. The third-order valence-corrected chi connectivity index (χ3v) is 13.4. The van der Waals surface area contributed by atoms with E-state index >= 15 is 0 Å². The maximum absolute atomic E-state index is 9.09. The monoisotopic (exact) mass is 1110 g/mol. The molecule has 9 aromatic carbocycles. The number of fused-ring (bicyclic) bond motifs is 6. The zero-order valence-corrected chi connectivity index (χ0v) is 41.3. The van der Waals surface area contributed by atoms with Crippen molar-refractivity contribution >= 4 is 51.7 Å². The van der Waals surface area contributed by atoms with E-state index < -0.39 is 60.4 Å². The van der Waals surface area contributed by atoms with Gasteiger partial charge in [0.1, 0.15) is 5.82 Å². The maximum atomic E-state index is 9.09. The van der Waals surface area contributed by atoms with E-state index in [1.54, 1.807) is 29.8 Å². The average molecular weight is 1110 g/mol. The summed E-state index contributed by atoms with van der Waals surface area (Å²) in [4.78, 5) is 12.6. The largest absolute Gasteiger partial charge is 0.493 e. The molecule has 342 valence electrons. The first-order chi connectivity index (χ1) is 38.0. The Morgan fingerprint density at radius 2 is 1.11 bits per heavy atom. The molecule has 2 aliphatic heterocycles. The van der Waals surface area contributed by atoms with Gasteiger partial charge in [-0.15, -0.1) is 57.7 Å². The first-order valence-corrected chi connectivity index (χ1v) is 23.4. The van der Waals surface area contributed by atoms with Crippen molar-refractivity contribution in [2.45, 2.75) is 36.0 Å². The van der Waals surface area contributed by atoms with Gasteiger partial charge >= 0.3 is 0 Å². The van der Waals surface area contributed by atoms with Crippen molar-refractivity contribution in [1.29, 1.82) is 0 Å². The van der Waals surface area contributed by atoms with Crippen LogP contribution in [0.2, 0.25) is 0 Å². The van der Waals surface area contributed by atoms with Gasteiger partial charge in [0.15, 0.2) is 0 Å². The van der Waals surface area contributed by atoms with Crippen LogP contribution < -0.4 is 14.7 Å². The Kier molecular flexibility index (Phi) is 9.35. The summed E-state index contributed by atoms with van der Waals surface area (Å²) in [5.41, 5.74) is 11.6. The third kappa shape index (κ3) is 8.34. The molecule has 0 amide bonds. The average Bonchev–Trinajstić information content (AvgIpc) is 3.90. The summed E-state index contributed by atoms with van der Waals surface area (Å²) in [5.74, 6) is 0.764. The second kappa shape index (κ2) is 18.8. The zero-order valence-electron chi connectivity index (χ0n) is 48.2. The van der Waals surface area contributed by atoms with Crippen LogP contribution in [-0.4, -0.2) is 4.98 Å². The first-order valence-electron chi connectivity index (χ1n) is 27.6. The number of hydrogen-bond acceptors (Lipinski definition) is 5.